The first-order valence-electron chi connectivity index (χ1n) is 9.70. The van der Waals surface area contributed by atoms with E-state index < -0.39 is 0 Å². The van der Waals surface area contributed by atoms with Gasteiger partial charge in [-0.05, 0) is 12.1 Å². The molecule has 0 bridgehead atoms. The van der Waals surface area contributed by atoms with E-state index in [1.54, 1.807) is 6.33 Å². The summed E-state index contributed by atoms with van der Waals surface area (Å²) in [6.45, 7) is 1.73. The number of ether oxygens (including phenoxy) is 1. The number of halogens is 1. The van der Waals surface area contributed by atoms with E-state index in [0.717, 1.165) is 48.8 Å². The number of piperidine rings is 1. The van der Waals surface area contributed by atoms with Crippen molar-refractivity contribution >= 4 is 23.2 Å². The van der Waals surface area contributed by atoms with Crippen molar-refractivity contribution in [2.75, 3.05) is 18.0 Å². The summed E-state index contributed by atoms with van der Waals surface area (Å²) in [4.78, 5) is 11.3. The number of hydrogen-bond acceptors (Lipinski definition) is 5. The monoisotopic (exact) mass is 405 g/mol. The van der Waals surface area contributed by atoms with Crippen LogP contribution in [0.2, 0.25) is 5.02 Å². The lowest BCUT2D eigenvalue weighted by Gasteiger charge is -2.33. The Balaban J connectivity index is 1.38. The Kier molecular flexibility index (Phi) is 4.77. The molecule has 1 aliphatic rings. The molecule has 1 saturated heterocycles. The predicted molar refractivity (Wildman–Crippen MR) is 114 cm³/mol. The Bertz CT molecular complexity index is 1120. The molecule has 146 valence electrons. The maximum absolute atomic E-state index is 6.24. The van der Waals surface area contributed by atoms with Gasteiger partial charge in [0, 0.05) is 37.6 Å². The summed E-state index contributed by atoms with van der Waals surface area (Å²) in [6.07, 6.45) is 3.51. The van der Waals surface area contributed by atoms with E-state index in [4.69, 9.17) is 16.3 Å². The highest BCUT2D eigenvalue weighted by molar-refractivity contribution is 6.32. The van der Waals surface area contributed by atoms with Crippen LogP contribution in [0.25, 0.3) is 17.0 Å². The summed E-state index contributed by atoms with van der Waals surface area (Å²) in [5, 5.41) is 5.03. The molecule has 3 heterocycles. The number of anilines is 1. The van der Waals surface area contributed by atoms with E-state index in [0.29, 0.717) is 10.8 Å². The summed E-state index contributed by atoms with van der Waals surface area (Å²) < 4.78 is 7.94. The van der Waals surface area contributed by atoms with Gasteiger partial charge in [0.15, 0.2) is 0 Å². The summed E-state index contributed by atoms with van der Waals surface area (Å²) >= 11 is 6.24. The smallest absolute Gasteiger partial charge is 0.254 e. The molecule has 0 amide bonds. The van der Waals surface area contributed by atoms with Crippen molar-refractivity contribution in [3.8, 4) is 17.0 Å². The number of rotatable bonds is 4. The average molecular weight is 406 g/mol. The molecule has 0 spiro atoms. The largest absolute Gasteiger partial charge is 0.489 e. The summed E-state index contributed by atoms with van der Waals surface area (Å²) in [7, 11) is 0. The van der Waals surface area contributed by atoms with Crippen molar-refractivity contribution in [2.24, 2.45) is 0 Å². The van der Waals surface area contributed by atoms with Gasteiger partial charge in [-0.2, -0.15) is 14.6 Å². The second-order valence-electron chi connectivity index (χ2n) is 7.07. The van der Waals surface area contributed by atoms with E-state index in [1.807, 2.05) is 47.0 Å². The number of aromatic nitrogens is 4. The minimum absolute atomic E-state index is 0.146. The first-order valence-corrected chi connectivity index (χ1v) is 10.1. The number of nitrogens with zero attached hydrogens (tertiary/aromatic N) is 5. The topological polar surface area (TPSA) is 55.5 Å². The third kappa shape index (κ3) is 3.63. The Labute approximate surface area is 173 Å². The van der Waals surface area contributed by atoms with Crippen molar-refractivity contribution in [1.29, 1.82) is 0 Å². The zero-order valence-corrected chi connectivity index (χ0v) is 16.5. The maximum atomic E-state index is 6.24. The lowest BCUT2D eigenvalue weighted by molar-refractivity contribution is 0.170. The molecule has 7 heteroatoms. The van der Waals surface area contributed by atoms with Gasteiger partial charge in [0.05, 0.1) is 10.7 Å². The van der Waals surface area contributed by atoms with Gasteiger partial charge < -0.3 is 9.64 Å². The zero-order valence-electron chi connectivity index (χ0n) is 15.8. The van der Waals surface area contributed by atoms with Gasteiger partial charge in [-0.15, -0.1) is 0 Å². The molecular formula is C22H20ClN5O. The van der Waals surface area contributed by atoms with Crippen LogP contribution in [-0.2, 0) is 0 Å². The molecule has 0 N–H and O–H groups in total. The van der Waals surface area contributed by atoms with Crippen molar-refractivity contribution < 1.29 is 4.74 Å². The van der Waals surface area contributed by atoms with Crippen LogP contribution in [0.1, 0.15) is 12.8 Å². The summed E-state index contributed by atoms with van der Waals surface area (Å²) in [5.41, 5.74) is 1.96. The second kappa shape index (κ2) is 7.72. The van der Waals surface area contributed by atoms with Crippen LogP contribution < -0.4 is 9.64 Å². The molecule has 1 fully saturated rings. The molecule has 1 aliphatic heterocycles. The fourth-order valence-corrected chi connectivity index (χ4v) is 3.88. The average Bonchev–Trinajstić information content (AvgIpc) is 3.25. The Morgan fingerprint density at radius 3 is 2.52 bits per heavy atom. The molecular weight excluding hydrogens is 386 g/mol. The van der Waals surface area contributed by atoms with Gasteiger partial charge in [0.2, 0.25) is 0 Å². The normalized spacial score (nSPS) is 15.0. The Morgan fingerprint density at radius 1 is 0.966 bits per heavy atom. The number of para-hydroxylation sites is 1. The van der Waals surface area contributed by atoms with Crippen LogP contribution >= 0.6 is 11.6 Å². The van der Waals surface area contributed by atoms with Crippen LogP contribution in [0.5, 0.6) is 5.75 Å². The van der Waals surface area contributed by atoms with E-state index in [9.17, 15) is 0 Å². The molecule has 0 atom stereocenters. The summed E-state index contributed by atoms with van der Waals surface area (Å²) in [5.74, 6) is 2.36. The van der Waals surface area contributed by atoms with E-state index in [1.165, 1.54) is 0 Å². The molecule has 5 rings (SSSR count). The van der Waals surface area contributed by atoms with Gasteiger partial charge in [0.1, 0.15) is 24.0 Å². The van der Waals surface area contributed by atoms with Crippen molar-refractivity contribution in [3.05, 3.63) is 72.0 Å². The van der Waals surface area contributed by atoms with Crippen LogP contribution in [0, 0.1) is 0 Å². The van der Waals surface area contributed by atoms with Crippen molar-refractivity contribution in [2.45, 2.75) is 18.9 Å². The molecule has 0 radical (unpaired) electrons. The highest BCUT2D eigenvalue weighted by Gasteiger charge is 2.24. The van der Waals surface area contributed by atoms with E-state index >= 15 is 0 Å². The minimum Gasteiger partial charge on any atom is -0.489 e. The summed E-state index contributed by atoms with van der Waals surface area (Å²) in [6, 6.07) is 19.9. The van der Waals surface area contributed by atoms with Crippen molar-refractivity contribution in [3.63, 3.8) is 0 Å². The molecule has 4 aromatic rings. The second-order valence-corrected chi connectivity index (χ2v) is 7.48. The molecule has 0 aliphatic carbocycles. The molecule has 2 aromatic carbocycles. The van der Waals surface area contributed by atoms with Gasteiger partial charge in [0.25, 0.3) is 5.78 Å². The van der Waals surface area contributed by atoms with Crippen molar-refractivity contribution in [1.82, 2.24) is 19.6 Å². The Morgan fingerprint density at radius 2 is 1.72 bits per heavy atom. The van der Waals surface area contributed by atoms with Gasteiger partial charge >= 0.3 is 0 Å². The predicted octanol–water partition coefficient (Wildman–Crippen LogP) is 4.49. The van der Waals surface area contributed by atoms with Gasteiger partial charge in [-0.3, -0.25) is 0 Å². The van der Waals surface area contributed by atoms with E-state index in [-0.39, 0.29) is 6.10 Å². The third-order valence-corrected chi connectivity index (χ3v) is 5.51. The quantitative estimate of drug-likeness (QED) is 0.500. The molecule has 0 saturated carbocycles. The first-order chi connectivity index (χ1) is 14.3. The lowest BCUT2D eigenvalue weighted by Crippen LogP contribution is -2.39. The molecule has 29 heavy (non-hydrogen) atoms. The molecule has 2 aromatic heterocycles. The first kappa shape index (κ1) is 17.9. The maximum Gasteiger partial charge on any atom is 0.254 e. The van der Waals surface area contributed by atoms with Crippen LogP contribution in [0.3, 0.4) is 0 Å². The van der Waals surface area contributed by atoms with Gasteiger partial charge in [-0.25, -0.2) is 4.98 Å². The van der Waals surface area contributed by atoms with Gasteiger partial charge in [-0.1, -0.05) is 54.1 Å². The highest BCUT2D eigenvalue weighted by Crippen LogP contribution is 2.29. The lowest BCUT2D eigenvalue weighted by atomic mass is 10.1. The fourth-order valence-electron chi connectivity index (χ4n) is 3.70. The van der Waals surface area contributed by atoms with Crippen LogP contribution in [0.4, 0.5) is 5.82 Å². The fraction of sp³-hybridized carbons (Fsp3) is 0.227. The SMILES string of the molecule is Clc1ccccc1OC1CCN(c2cc(-c3ccccc3)nc3ncnn23)CC1. The third-order valence-electron chi connectivity index (χ3n) is 5.20. The van der Waals surface area contributed by atoms with Crippen LogP contribution in [0.15, 0.2) is 67.0 Å². The number of benzene rings is 2. The Hall–Kier alpha value is -3.12. The standard InChI is InChI=1S/C22H20ClN5O/c23-18-8-4-5-9-20(18)29-17-10-12-27(13-11-17)21-14-19(16-6-2-1-3-7-16)26-22-24-15-25-28(21)22/h1-9,14-15,17H,10-13H2. The molecule has 0 unspecified atom stereocenters. The molecule has 6 nitrogen and oxygen atoms in total. The zero-order chi connectivity index (χ0) is 19.6. The minimum atomic E-state index is 0.146. The number of hydrogen-bond donors (Lipinski definition) is 0. The number of fused-ring (bicyclic) bond motifs is 1. The highest BCUT2D eigenvalue weighted by atomic mass is 35.5. The van der Waals surface area contributed by atoms with E-state index in [2.05, 4.69) is 38.2 Å². The van der Waals surface area contributed by atoms with Crippen LogP contribution in [-0.4, -0.2) is 38.8 Å².